The summed E-state index contributed by atoms with van der Waals surface area (Å²) in [5, 5.41) is 2.87. The first-order chi connectivity index (χ1) is 16.6. The Morgan fingerprint density at radius 2 is 1.88 bits per heavy atom. The molecule has 0 fully saturated rings. The van der Waals surface area contributed by atoms with Crippen LogP contribution in [0.5, 0.6) is 11.5 Å². The fourth-order valence-electron chi connectivity index (χ4n) is 4.05. The molecule has 2 aromatic heterocycles. The van der Waals surface area contributed by atoms with E-state index >= 15 is 0 Å². The third-order valence-corrected chi connectivity index (χ3v) is 6.90. The highest BCUT2D eigenvalue weighted by Crippen LogP contribution is 2.29. The Balaban J connectivity index is 1.29. The summed E-state index contributed by atoms with van der Waals surface area (Å²) in [6, 6.07) is 17.9. The van der Waals surface area contributed by atoms with E-state index in [4.69, 9.17) is 9.47 Å². The zero-order chi connectivity index (χ0) is 23.5. The number of rotatable bonds is 7. The Bertz CT molecular complexity index is 1380. The minimum absolute atomic E-state index is 0.0727. The summed E-state index contributed by atoms with van der Waals surface area (Å²) in [5.74, 6) is 0.829. The summed E-state index contributed by atoms with van der Waals surface area (Å²) in [6.45, 7) is 1.82. The summed E-state index contributed by atoms with van der Waals surface area (Å²) < 4.78 is 13.4. The number of benzene rings is 2. The van der Waals surface area contributed by atoms with E-state index in [1.807, 2.05) is 30.3 Å². The molecule has 1 aliphatic carbocycles. The van der Waals surface area contributed by atoms with Crippen LogP contribution in [0.4, 0.5) is 5.69 Å². The molecule has 5 rings (SSSR count). The number of nitrogens with one attached hydrogen (secondary N) is 1. The lowest BCUT2D eigenvalue weighted by Crippen LogP contribution is -2.30. The highest BCUT2D eigenvalue weighted by atomic mass is 32.1. The van der Waals surface area contributed by atoms with Crippen LogP contribution >= 0.6 is 11.3 Å². The van der Waals surface area contributed by atoms with Gasteiger partial charge in [-0.1, -0.05) is 30.3 Å². The first kappa shape index (κ1) is 22.2. The molecule has 2 aromatic carbocycles. The maximum Gasteiger partial charge on any atom is 0.265 e. The Kier molecular flexibility index (Phi) is 6.31. The number of ether oxygens (including phenoxy) is 2. The molecule has 1 aliphatic rings. The van der Waals surface area contributed by atoms with Crippen LogP contribution in [-0.4, -0.2) is 21.4 Å². The van der Waals surface area contributed by atoms with Crippen molar-refractivity contribution in [3.63, 3.8) is 0 Å². The van der Waals surface area contributed by atoms with E-state index in [1.165, 1.54) is 10.9 Å². The lowest BCUT2D eigenvalue weighted by atomic mass is 10.0. The van der Waals surface area contributed by atoms with Crippen molar-refractivity contribution >= 4 is 27.9 Å². The lowest BCUT2D eigenvalue weighted by Gasteiger charge is -2.16. The molecular formula is C26H25N3O4S. The van der Waals surface area contributed by atoms with Crippen molar-refractivity contribution < 1.29 is 14.3 Å². The molecule has 0 radical (unpaired) electrons. The molecule has 0 unspecified atom stereocenters. The van der Waals surface area contributed by atoms with Crippen LogP contribution in [0.3, 0.4) is 0 Å². The molecule has 34 heavy (non-hydrogen) atoms. The minimum atomic E-state index is -0.690. The molecule has 174 valence electrons. The third-order valence-electron chi connectivity index (χ3n) is 5.76. The standard InChI is InChI=1S/C26H25N3O4S/c1-17(33-19-9-3-2-4-10-19)25(31)28-20-11-5-7-13-22(20)32-16-18-15-24(30)29-21-12-6-8-14-23(21)34-26(29)27-18/h2-5,7,9-11,13,15,17H,6,8,12,14,16H2,1H3,(H,28,31)/t17-/m1/s1. The first-order valence-corrected chi connectivity index (χ1v) is 12.2. The average Bonchev–Trinajstić information content (AvgIpc) is 3.23. The Labute approximate surface area is 201 Å². The highest BCUT2D eigenvalue weighted by molar-refractivity contribution is 7.17. The summed E-state index contributed by atoms with van der Waals surface area (Å²) >= 11 is 1.59. The van der Waals surface area contributed by atoms with Crippen molar-refractivity contribution in [2.75, 3.05) is 5.32 Å². The molecule has 2 heterocycles. The maximum atomic E-state index is 12.8. The van der Waals surface area contributed by atoms with Gasteiger partial charge in [0.05, 0.1) is 11.4 Å². The molecular weight excluding hydrogens is 450 g/mol. The molecule has 1 amide bonds. The van der Waals surface area contributed by atoms with Crippen LogP contribution in [0, 0.1) is 0 Å². The van der Waals surface area contributed by atoms with Crippen LogP contribution in [0.2, 0.25) is 0 Å². The van der Waals surface area contributed by atoms with E-state index in [9.17, 15) is 9.59 Å². The number of nitrogens with zero attached hydrogens (tertiary/aromatic N) is 2. The predicted octanol–water partition coefficient (Wildman–Crippen LogP) is 4.62. The summed E-state index contributed by atoms with van der Waals surface area (Å²) in [7, 11) is 0. The molecule has 0 spiro atoms. The number of aromatic nitrogens is 2. The van der Waals surface area contributed by atoms with E-state index in [-0.39, 0.29) is 18.1 Å². The number of hydrogen-bond acceptors (Lipinski definition) is 6. The molecule has 1 N–H and O–H groups in total. The van der Waals surface area contributed by atoms with Gasteiger partial charge in [-0.15, -0.1) is 11.3 Å². The minimum Gasteiger partial charge on any atom is -0.485 e. The van der Waals surface area contributed by atoms with Crippen molar-refractivity contribution in [3.05, 3.63) is 87.3 Å². The SMILES string of the molecule is C[C@@H](Oc1ccccc1)C(=O)Nc1ccccc1OCc1cc(=O)n2c3c(sc2n1)CCCC3. The van der Waals surface area contributed by atoms with Crippen LogP contribution in [-0.2, 0) is 24.2 Å². The van der Waals surface area contributed by atoms with Gasteiger partial charge in [0, 0.05) is 16.6 Å². The van der Waals surface area contributed by atoms with Crippen LogP contribution < -0.4 is 20.3 Å². The van der Waals surface area contributed by atoms with Crippen LogP contribution in [0.15, 0.2) is 65.5 Å². The maximum absolute atomic E-state index is 12.8. The molecule has 0 saturated carbocycles. The number of hydrogen-bond donors (Lipinski definition) is 1. The van der Waals surface area contributed by atoms with E-state index in [1.54, 1.807) is 46.9 Å². The molecule has 4 aromatic rings. The molecule has 0 aliphatic heterocycles. The summed E-state index contributed by atoms with van der Waals surface area (Å²) in [6.07, 6.45) is 3.50. The number of carbonyl (C=O) groups is 1. The number of aryl methyl sites for hydroxylation is 2. The molecule has 8 heteroatoms. The van der Waals surface area contributed by atoms with Gasteiger partial charge < -0.3 is 14.8 Å². The van der Waals surface area contributed by atoms with E-state index in [0.29, 0.717) is 27.8 Å². The second-order valence-corrected chi connectivity index (χ2v) is 9.29. The van der Waals surface area contributed by atoms with Gasteiger partial charge in [0.15, 0.2) is 11.1 Å². The monoisotopic (exact) mass is 475 g/mol. The van der Waals surface area contributed by atoms with Gasteiger partial charge in [0.2, 0.25) is 0 Å². The lowest BCUT2D eigenvalue weighted by molar-refractivity contribution is -0.122. The zero-order valence-electron chi connectivity index (χ0n) is 18.8. The van der Waals surface area contributed by atoms with E-state index in [0.717, 1.165) is 31.4 Å². The molecule has 0 bridgehead atoms. The van der Waals surface area contributed by atoms with Crippen molar-refractivity contribution in [3.8, 4) is 11.5 Å². The van der Waals surface area contributed by atoms with Gasteiger partial charge in [0.25, 0.3) is 11.5 Å². The number of anilines is 1. The highest BCUT2D eigenvalue weighted by Gasteiger charge is 2.19. The summed E-state index contributed by atoms with van der Waals surface area (Å²) in [5.41, 5.74) is 2.12. The average molecular weight is 476 g/mol. The third kappa shape index (κ3) is 4.68. The van der Waals surface area contributed by atoms with E-state index < -0.39 is 6.10 Å². The van der Waals surface area contributed by atoms with Crippen molar-refractivity contribution in [1.82, 2.24) is 9.38 Å². The van der Waals surface area contributed by atoms with Crippen molar-refractivity contribution in [2.45, 2.75) is 45.3 Å². The number of para-hydroxylation sites is 3. The van der Waals surface area contributed by atoms with Crippen LogP contribution in [0.25, 0.3) is 4.96 Å². The number of amides is 1. The van der Waals surface area contributed by atoms with Gasteiger partial charge >= 0.3 is 0 Å². The second-order valence-electron chi connectivity index (χ2n) is 8.23. The number of thiazole rings is 1. The Hall–Kier alpha value is -3.65. The van der Waals surface area contributed by atoms with Gasteiger partial charge in [-0.05, 0) is 56.9 Å². The predicted molar refractivity (Wildman–Crippen MR) is 132 cm³/mol. The smallest absolute Gasteiger partial charge is 0.265 e. The van der Waals surface area contributed by atoms with Crippen molar-refractivity contribution in [1.29, 1.82) is 0 Å². The Morgan fingerprint density at radius 1 is 1.12 bits per heavy atom. The normalized spacial score (nSPS) is 13.8. The number of carbonyl (C=O) groups excluding carboxylic acids is 1. The van der Waals surface area contributed by atoms with Gasteiger partial charge in [-0.25, -0.2) is 4.98 Å². The fraction of sp³-hybridized carbons (Fsp3) is 0.269. The molecule has 7 nitrogen and oxygen atoms in total. The van der Waals surface area contributed by atoms with Gasteiger partial charge in [0.1, 0.15) is 18.1 Å². The molecule has 1 atom stereocenters. The Morgan fingerprint density at radius 3 is 2.74 bits per heavy atom. The topological polar surface area (TPSA) is 81.9 Å². The first-order valence-electron chi connectivity index (χ1n) is 11.4. The number of fused-ring (bicyclic) bond motifs is 3. The van der Waals surface area contributed by atoms with Gasteiger partial charge in [-0.3, -0.25) is 14.0 Å². The largest absolute Gasteiger partial charge is 0.485 e. The fourth-order valence-corrected chi connectivity index (χ4v) is 5.29. The van der Waals surface area contributed by atoms with Crippen LogP contribution in [0.1, 0.15) is 36.0 Å². The molecule has 0 saturated heterocycles. The van der Waals surface area contributed by atoms with E-state index in [2.05, 4.69) is 10.3 Å². The van der Waals surface area contributed by atoms with Crippen molar-refractivity contribution in [2.24, 2.45) is 0 Å². The summed E-state index contributed by atoms with van der Waals surface area (Å²) in [4.78, 5) is 32.1. The second kappa shape index (κ2) is 9.69. The quantitative estimate of drug-likeness (QED) is 0.422. The van der Waals surface area contributed by atoms with Gasteiger partial charge in [-0.2, -0.15) is 0 Å². The zero-order valence-corrected chi connectivity index (χ0v) is 19.6.